The van der Waals surface area contributed by atoms with Gasteiger partial charge in [-0.25, -0.2) is 4.98 Å². The van der Waals surface area contributed by atoms with Crippen LogP contribution in [-0.2, 0) is 0 Å². The number of hydrogen-bond donors (Lipinski definition) is 2. The van der Waals surface area contributed by atoms with Crippen LogP contribution in [0.5, 0.6) is 11.5 Å². The van der Waals surface area contributed by atoms with Crippen molar-refractivity contribution in [3.63, 3.8) is 0 Å². The zero-order chi connectivity index (χ0) is 13.8. The van der Waals surface area contributed by atoms with Gasteiger partial charge < -0.3 is 15.2 Å². The highest BCUT2D eigenvalue weighted by atomic mass is 35.5. The average molecular weight is 279 g/mol. The van der Waals surface area contributed by atoms with E-state index in [1.807, 2.05) is 0 Å². The number of amides is 1. The minimum atomic E-state index is -0.382. The van der Waals surface area contributed by atoms with Crippen LogP contribution in [0.1, 0.15) is 10.4 Å². The van der Waals surface area contributed by atoms with Crippen LogP contribution in [-0.4, -0.2) is 23.1 Å². The maximum absolute atomic E-state index is 11.9. The maximum atomic E-state index is 11.9. The van der Waals surface area contributed by atoms with Gasteiger partial charge in [0.15, 0.2) is 11.5 Å². The Morgan fingerprint density at radius 1 is 1.37 bits per heavy atom. The molecule has 0 fully saturated rings. The first-order valence-corrected chi connectivity index (χ1v) is 5.78. The van der Waals surface area contributed by atoms with Gasteiger partial charge in [0.2, 0.25) is 0 Å². The zero-order valence-electron chi connectivity index (χ0n) is 10.1. The van der Waals surface area contributed by atoms with E-state index < -0.39 is 0 Å². The number of nitrogens with one attached hydrogen (secondary N) is 1. The monoisotopic (exact) mass is 278 g/mol. The molecule has 6 heteroatoms. The van der Waals surface area contributed by atoms with Crippen LogP contribution in [0.3, 0.4) is 0 Å². The number of carbonyl (C=O) groups is 1. The Morgan fingerprint density at radius 2 is 2.16 bits per heavy atom. The normalized spacial score (nSPS) is 10.0. The van der Waals surface area contributed by atoms with E-state index in [0.29, 0.717) is 22.2 Å². The predicted molar refractivity (Wildman–Crippen MR) is 71.9 cm³/mol. The van der Waals surface area contributed by atoms with Crippen LogP contribution >= 0.6 is 11.6 Å². The molecule has 2 N–H and O–H groups in total. The van der Waals surface area contributed by atoms with E-state index in [0.717, 1.165) is 0 Å². The van der Waals surface area contributed by atoms with Crippen LogP contribution in [0.2, 0.25) is 5.02 Å². The topological polar surface area (TPSA) is 71.5 Å². The summed E-state index contributed by atoms with van der Waals surface area (Å²) in [5.41, 5.74) is 0.301. The summed E-state index contributed by atoms with van der Waals surface area (Å²) in [6.45, 7) is 0. The van der Waals surface area contributed by atoms with Crippen molar-refractivity contribution in [2.75, 3.05) is 12.4 Å². The molecule has 0 aliphatic carbocycles. The first-order chi connectivity index (χ1) is 9.10. The van der Waals surface area contributed by atoms with Crippen molar-refractivity contribution < 1.29 is 14.6 Å². The molecule has 98 valence electrons. The van der Waals surface area contributed by atoms with Crippen molar-refractivity contribution >= 4 is 23.3 Å². The third-order valence-corrected chi connectivity index (χ3v) is 2.63. The van der Waals surface area contributed by atoms with Crippen molar-refractivity contribution in [2.24, 2.45) is 0 Å². The van der Waals surface area contributed by atoms with Gasteiger partial charge >= 0.3 is 0 Å². The van der Waals surface area contributed by atoms with Gasteiger partial charge in [-0.15, -0.1) is 0 Å². The van der Waals surface area contributed by atoms with E-state index in [9.17, 15) is 9.90 Å². The molecule has 2 aromatic rings. The number of phenolic OH excluding ortho intramolecular Hbond substituents is 1. The van der Waals surface area contributed by atoms with E-state index in [1.165, 1.54) is 25.4 Å². The fourth-order valence-electron chi connectivity index (χ4n) is 1.47. The summed E-state index contributed by atoms with van der Waals surface area (Å²) >= 11 is 5.70. The summed E-state index contributed by atoms with van der Waals surface area (Å²) in [5.74, 6) is 0.206. The molecular formula is C13H11ClN2O3. The van der Waals surface area contributed by atoms with Crippen molar-refractivity contribution in [3.8, 4) is 11.5 Å². The van der Waals surface area contributed by atoms with Gasteiger partial charge in [0.05, 0.1) is 12.1 Å². The van der Waals surface area contributed by atoms with Gasteiger partial charge in [-0.2, -0.15) is 0 Å². The highest BCUT2D eigenvalue weighted by Gasteiger charge is 2.10. The summed E-state index contributed by atoms with van der Waals surface area (Å²) in [4.78, 5) is 15.9. The number of carbonyl (C=O) groups excluding carboxylic acids is 1. The second-order valence-corrected chi connectivity index (χ2v) is 4.14. The molecule has 0 unspecified atom stereocenters. The zero-order valence-corrected chi connectivity index (χ0v) is 10.8. The van der Waals surface area contributed by atoms with Crippen LogP contribution in [0.4, 0.5) is 5.82 Å². The Labute approximate surface area is 114 Å². The van der Waals surface area contributed by atoms with Crippen LogP contribution in [0.15, 0.2) is 36.5 Å². The van der Waals surface area contributed by atoms with Gasteiger partial charge in [-0.3, -0.25) is 4.79 Å². The minimum absolute atomic E-state index is 0.0979. The molecule has 0 atom stereocenters. The number of anilines is 1. The molecule has 5 nitrogen and oxygen atoms in total. The lowest BCUT2D eigenvalue weighted by molar-refractivity contribution is 0.102. The molecule has 2 rings (SSSR count). The summed E-state index contributed by atoms with van der Waals surface area (Å²) in [6, 6.07) is 7.59. The maximum Gasteiger partial charge on any atom is 0.256 e. The van der Waals surface area contributed by atoms with Crippen molar-refractivity contribution in [3.05, 3.63) is 47.1 Å². The van der Waals surface area contributed by atoms with Gasteiger partial charge in [0, 0.05) is 11.8 Å². The number of rotatable bonds is 3. The Morgan fingerprint density at radius 3 is 2.74 bits per heavy atom. The molecule has 0 radical (unpaired) electrons. The minimum Gasteiger partial charge on any atom is -0.504 e. The Hall–Kier alpha value is -2.27. The Kier molecular flexibility index (Phi) is 3.87. The molecule has 1 aromatic carbocycles. The number of pyridine rings is 1. The van der Waals surface area contributed by atoms with Crippen molar-refractivity contribution in [1.82, 2.24) is 4.98 Å². The van der Waals surface area contributed by atoms with Crippen molar-refractivity contribution in [2.45, 2.75) is 0 Å². The second kappa shape index (κ2) is 5.58. The fraction of sp³-hybridized carbons (Fsp3) is 0.0769. The molecule has 0 aliphatic rings. The number of benzene rings is 1. The third kappa shape index (κ3) is 3.14. The smallest absolute Gasteiger partial charge is 0.256 e. The van der Waals surface area contributed by atoms with Crippen LogP contribution in [0.25, 0.3) is 0 Å². The number of aromatic nitrogens is 1. The summed E-state index contributed by atoms with van der Waals surface area (Å²) in [5, 5.41) is 12.7. The van der Waals surface area contributed by atoms with E-state index >= 15 is 0 Å². The predicted octanol–water partition coefficient (Wildman–Crippen LogP) is 2.70. The van der Waals surface area contributed by atoms with Gasteiger partial charge in [-0.1, -0.05) is 11.6 Å². The number of phenols is 1. The third-order valence-electron chi connectivity index (χ3n) is 2.41. The summed E-state index contributed by atoms with van der Waals surface area (Å²) in [6.07, 6.45) is 1.43. The van der Waals surface area contributed by atoms with E-state index in [4.69, 9.17) is 16.3 Å². The molecule has 0 saturated heterocycles. The molecule has 1 amide bonds. The number of nitrogens with zero attached hydrogens (tertiary/aromatic N) is 1. The molecule has 1 aromatic heterocycles. The van der Waals surface area contributed by atoms with Crippen LogP contribution in [0, 0.1) is 0 Å². The van der Waals surface area contributed by atoms with Gasteiger partial charge in [-0.05, 0) is 30.3 Å². The highest BCUT2D eigenvalue weighted by Crippen LogP contribution is 2.26. The first-order valence-electron chi connectivity index (χ1n) is 5.40. The lowest BCUT2D eigenvalue weighted by Crippen LogP contribution is -2.12. The molecule has 0 aliphatic heterocycles. The second-order valence-electron chi connectivity index (χ2n) is 3.70. The summed E-state index contributed by atoms with van der Waals surface area (Å²) < 4.78 is 4.90. The SMILES string of the molecule is COc1ccc(C(=O)Nc2ccc(Cl)cn2)cc1O. The molecular weight excluding hydrogens is 268 g/mol. The number of methoxy groups -OCH3 is 1. The Balaban J connectivity index is 2.16. The molecule has 1 heterocycles. The number of ether oxygens (including phenoxy) is 1. The number of halogens is 1. The first kappa shape index (κ1) is 13.2. The van der Waals surface area contributed by atoms with Crippen molar-refractivity contribution in [1.29, 1.82) is 0 Å². The quantitative estimate of drug-likeness (QED) is 0.905. The molecule has 19 heavy (non-hydrogen) atoms. The fourth-order valence-corrected chi connectivity index (χ4v) is 1.58. The van der Waals surface area contributed by atoms with E-state index in [-0.39, 0.29) is 11.7 Å². The molecule has 0 bridgehead atoms. The standard InChI is InChI=1S/C13H11ClN2O3/c1-19-11-4-2-8(6-10(11)17)13(18)16-12-5-3-9(14)7-15-12/h2-7,17H,1H3,(H,15,16,18). The van der Waals surface area contributed by atoms with Crippen LogP contribution < -0.4 is 10.1 Å². The molecule has 0 spiro atoms. The van der Waals surface area contributed by atoms with E-state index in [1.54, 1.807) is 18.2 Å². The molecule has 0 saturated carbocycles. The van der Waals surface area contributed by atoms with E-state index in [2.05, 4.69) is 10.3 Å². The lowest BCUT2D eigenvalue weighted by atomic mass is 10.2. The number of aromatic hydroxyl groups is 1. The summed E-state index contributed by atoms with van der Waals surface area (Å²) in [7, 11) is 1.44. The Bertz CT molecular complexity index is 599. The van der Waals surface area contributed by atoms with Gasteiger partial charge in [0.25, 0.3) is 5.91 Å². The van der Waals surface area contributed by atoms with Gasteiger partial charge in [0.1, 0.15) is 5.82 Å². The highest BCUT2D eigenvalue weighted by molar-refractivity contribution is 6.30. The average Bonchev–Trinajstić information content (AvgIpc) is 2.41. The number of hydrogen-bond acceptors (Lipinski definition) is 4. The lowest BCUT2D eigenvalue weighted by Gasteiger charge is -2.07. The largest absolute Gasteiger partial charge is 0.504 e.